The van der Waals surface area contributed by atoms with Crippen LogP contribution in [0.5, 0.6) is 0 Å². The summed E-state index contributed by atoms with van der Waals surface area (Å²) in [6.45, 7) is 0. The van der Waals surface area contributed by atoms with E-state index in [4.69, 9.17) is 0 Å². The lowest BCUT2D eigenvalue weighted by Gasteiger charge is -1.90. The summed E-state index contributed by atoms with van der Waals surface area (Å²) >= 11 is 1.93. The molecule has 1 radical (unpaired) electrons. The van der Waals surface area contributed by atoms with E-state index in [2.05, 4.69) is 17.2 Å². The van der Waals surface area contributed by atoms with Gasteiger partial charge in [-0.25, -0.2) is 0 Å². The van der Waals surface area contributed by atoms with Crippen LogP contribution in [0.3, 0.4) is 0 Å². The van der Waals surface area contributed by atoms with Gasteiger partial charge in [0.2, 0.25) is 0 Å². The first kappa shape index (κ1) is 5.30. The Balaban J connectivity index is 2.54. The Bertz CT molecular complexity index is 199. The number of hydrogen-bond acceptors (Lipinski definition) is 2. The molecule has 2 heterocycles. The van der Waals surface area contributed by atoms with Crippen LogP contribution in [-0.4, -0.2) is 4.98 Å². The molecule has 0 bridgehead atoms. The van der Waals surface area contributed by atoms with Crippen LogP contribution >= 0.6 is 11.8 Å². The molecular formula is C7H6NS. The topological polar surface area (TPSA) is 12.9 Å². The second-order valence-electron chi connectivity index (χ2n) is 2.05. The molecule has 0 spiro atoms. The molecule has 0 aromatic carbocycles. The summed E-state index contributed by atoms with van der Waals surface area (Å²) in [6, 6.07) is 2.08. The number of thioether (sulfide) groups is 1. The number of aromatic nitrogens is 1. The average molecular weight is 136 g/mol. The molecule has 0 amide bonds. The Labute approximate surface area is 58.5 Å². The number of fused-ring (bicyclic) bond motifs is 1. The van der Waals surface area contributed by atoms with E-state index in [0.717, 1.165) is 11.5 Å². The van der Waals surface area contributed by atoms with Gasteiger partial charge in [-0.2, -0.15) is 11.8 Å². The largest absolute Gasteiger partial charge is 0.254 e. The van der Waals surface area contributed by atoms with Gasteiger partial charge in [-0.15, -0.1) is 0 Å². The highest BCUT2D eigenvalue weighted by Crippen LogP contribution is 2.27. The van der Waals surface area contributed by atoms with Gasteiger partial charge in [0.15, 0.2) is 0 Å². The molecule has 0 aliphatic carbocycles. The van der Waals surface area contributed by atoms with Gasteiger partial charge >= 0.3 is 0 Å². The molecule has 1 aromatic rings. The second-order valence-corrected chi connectivity index (χ2v) is 3.04. The molecule has 45 valence electrons. The fraction of sp³-hybridized carbons (Fsp3) is 0.286. The zero-order valence-corrected chi connectivity index (χ0v) is 5.74. The van der Waals surface area contributed by atoms with E-state index in [1.807, 2.05) is 18.0 Å². The molecule has 1 nitrogen and oxygen atoms in total. The molecule has 0 saturated heterocycles. The van der Waals surface area contributed by atoms with Gasteiger partial charge in [0.25, 0.3) is 0 Å². The summed E-state index contributed by atoms with van der Waals surface area (Å²) in [6.07, 6.45) is 4.79. The zero-order chi connectivity index (χ0) is 6.10. The van der Waals surface area contributed by atoms with Crippen LogP contribution < -0.4 is 0 Å². The van der Waals surface area contributed by atoms with Gasteiger partial charge in [-0.3, -0.25) is 4.98 Å². The predicted octanol–water partition coefficient (Wildman–Crippen LogP) is 1.63. The molecule has 0 saturated carbocycles. The van der Waals surface area contributed by atoms with E-state index < -0.39 is 0 Å². The third kappa shape index (κ3) is 0.833. The van der Waals surface area contributed by atoms with E-state index in [-0.39, 0.29) is 0 Å². The average Bonchev–Trinajstić information content (AvgIpc) is 2.33. The Morgan fingerprint density at radius 1 is 1.56 bits per heavy atom. The molecule has 1 aromatic heterocycles. The van der Waals surface area contributed by atoms with Gasteiger partial charge in [-0.05, 0) is 17.2 Å². The smallest absolute Gasteiger partial charge is 0.0932 e. The minimum absolute atomic E-state index is 1.10. The second kappa shape index (κ2) is 2.03. The van der Waals surface area contributed by atoms with E-state index in [9.17, 15) is 0 Å². The van der Waals surface area contributed by atoms with Crippen molar-refractivity contribution < 1.29 is 0 Å². The Hall–Kier alpha value is -0.500. The van der Waals surface area contributed by atoms with E-state index >= 15 is 0 Å². The first-order valence-electron chi connectivity index (χ1n) is 2.89. The van der Waals surface area contributed by atoms with Crippen LogP contribution in [0.2, 0.25) is 0 Å². The normalized spacial score (nSPS) is 15.6. The van der Waals surface area contributed by atoms with Gasteiger partial charge in [0.05, 0.1) is 6.20 Å². The maximum absolute atomic E-state index is 3.92. The fourth-order valence-corrected chi connectivity index (χ4v) is 1.98. The molecule has 2 heteroatoms. The van der Waals surface area contributed by atoms with Crippen LogP contribution in [0, 0.1) is 6.20 Å². The first-order chi connectivity index (χ1) is 4.47. The zero-order valence-electron chi connectivity index (χ0n) is 4.92. The Morgan fingerprint density at radius 2 is 2.56 bits per heavy atom. The van der Waals surface area contributed by atoms with E-state index in [1.54, 1.807) is 0 Å². The molecule has 9 heavy (non-hydrogen) atoms. The lowest BCUT2D eigenvalue weighted by molar-refractivity contribution is 1.21. The summed E-state index contributed by atoms with van der Waals surface area (Å²) in [4.78, 5) is 3.92. The number of nitrogens with zero attached hydrogens (tertiary/aromatic N) is 1. The minimum atomic E-state index is 1.10. The number of hydrogen-bond donors (Lipinski definition) is 0. The van der Waals surface area contributed by atoms with Crippen molar-refractivity contribution in [3.63, 3.8) is 0 Å². The monoisotopic (exact) mass is 136 g/mol. The molecule has 2 rings (SSSR count). The lowest BCUT2D eigenvalue weighted by atomic mass is 10.2. The van der Waals surface area contributed by atoms with Crippen LogP contribution in [0.25, 0.3) is 0 Å². The first-order valence-corrected chi connectivity index (χ1v) is 4.04. The predicted molar refractivity (Wildman–Crippen MR) is 38.1 cm³/mol. The van der Waals surface area contributed by atoms with Crippen molar-refractivity contribution in [2.75, 3.05) is 0 Å². The molecule has 0 atom stereocenters. The van der Waals surface area contributed by atoms with Gasteiger partial charge in [0.1, 0.15) is 0 Å². The standard InChI is InChI=1S/C7H6NS/c1-2-8-3-7-5-9-4-6(1)7/h1-2H,4-5H2. The highest BCUT2D eigenvalue weighted by molar-refractivity contribution is 7.98. The van der Waals surface area contributed by atoms with Crippen molar-refractivity contribution >= 4 is 11.8 Å². The minimum Gasteiger partial charge on any atom is -0.254 e. The summed E-state index contributed by atoms with van der Waals surface area (Å²) in [5, 5.41) is 0. The van der Waals surface area contributed by atoms with Gasteiger partial charge < -0.3 is 0 Å². The van der Waals surface area contributed by atoms with Crippen molar-refractivity contribution in [3.05, 3.63) is 29.6 Å². The van der Waals surface area contributed by atoms with Crippen LogP contribution in [0.15, 0.2) is 12.3 Å². The highest BCUT2D eigenvalue weighted by atomic mass is 32.2. The third-order valence-corrected chi connectivity index (χ3v) is 2.45. The third-order valence-electron chi connectivity index (χ3n) is 1.44. The fourth-order valence-electron chi connectivity index (χ4n) is 0.938. The van der Waals surface area contributed by atoms with Crippen LogP contribution in [-0.2, 0) is 11.5 Å². The highest BCUT2D eigenvalue weighted by Gasteiger charge is 2.09. The van der Waals surface area contributed by atoms with Crippen LogP contribution in [0.1, 0.15) is 11.1 Å². The number of rotatable bonds is 0. The maximum Gasteiger partial charge on any atom is 0.0932 e. The molecule has 1 aliphatic rings. The lowest BCUT2D eigenvalue weighted by Crippen LogP contribution is -1.81. The summed E-state index contributed by atoms with van der Waals surface area (Å²) in [5.74, 6) is 2.25. The van der Waals surface area contributed by atoms with Crippen molar-refractivity contribution in [3.8, 4) is 0 Å². The van der Waals surface area contributed by atoms with Gasteiger partial charge in [0, 0.05) is 17.7 Å². The SMILES string of the molecule is [c]1nccc2c1CSC2. The van der Waals surface area contributed by atoms with E-state index in [1.165, 1.54) is 11.1 Å². The Morgan fingerprint density at radius 3 is 3.44 bits per heavy atom. The number of pyridine rings is 1. The van der Waals surface area contributed by atoms with Crippen molar-refractivity contribution in [1.29, 1.82) is 0 Å². The van der Waals surface area contributed by atoms with Crippen molar-refractivity contribution in [1.82, 2.24) is 4.98 Å². The summed E-state index contributed by atoms with van der Waals surface area (Å²) < 4.78 is 0. The van der Waals surface area contributed by atoms with Crippen LogP contribution in [0.4, 0.5) is 0 Å². The molecule has 0 unspecified atom stereocenters. The van der Waals surface area contributed by atoms with E-state index in [0.29, 0.717) is 0 Å². The summed E-state index contributed by atoms with van der Waals surface area (Å²) in [7, 11) is 0. The quantitative estimate of drug-likeness (QED) is 0.537. The van der Waals surface area contributed by atoms with Crippen molar-refractivity contribution in [2.24, 2.45) is 0 Å². The molecular weight excluding hydrogens is 130 g/mol. The van der Waals surface area contributed by atoms with Gasteiger partial charge in [-0.1, -0.05) is 0 Å². The molecule has 0 N–H and O–H groups in total. The summed E-state index contributed by atoms with van der Waals surface area (Å²) in [5.41, 5.74) is 2.71. The maximum atomic E-state index is 3.92. The Kier molecular flexibility index (Phi) is 1.19. The molecule has 1 aliphatic heterocycles. The molecule has 0 fully saturated rings. The van der Waals surface area contributed by atoms with Crippen molar-refractivity contribution in [2.45, 2.75) is 11.5 Å².